The second-order valence-corrected chi connectivity index (χ2v) is 9.81. The second-order valence-electron chi connectivity index (χ2n) is 9.81. The fourth-order valence-corrected chi connectivity index (χ4v) is 4.60. The van der Waals surface area contributed by atoms with Crippen LogP contribution in [0, 0.1) is 18.7 Å². The van der Waals surface area contributed by atoms with E-state index in [1.807, 2.05) is 0 Å². The number of piperidine rings is 1. The first kappa shape index (κ1) is 26.1. The number of halogens is 5. The van der Waals surface area contributed by atoms with Gasteiger partial charge in [0.25, 0.3) is 12.3 Å². The number of anilines is 1. The number of benzene rings is 1. The summed E-state index contributed by atoms with van der Waals surface area (Å²) >= 11 is 0. The minimum absolute atomic E-state index is 0.0668. The molecule has 7 nitrogen and oxygen atoms in total. The van der Waals surface area contributed by atoms with E-state index >= 15 is 0 Å². The van der Waals surface area contributed by atoms with Crippen molar-refractivity contribution >= 4 is 11.6 Å². The van der Waals surface area contributed by atoms with Crippen molar-refractivity contribution in [1.29, 1.82) is 0 Å². The number of carbonyl (C=O) groups is 1. The third-order valence-electron chi connectivity index (χ3n) is 6.80. The summed E-state index contributed by atoms with van der Waals surface area (Å²) < 4.78 is 70.5. The Hall–Kier alpha value is -3.54. The number of alkyl halides is 3. The highest BCUT2D eigenvalue weighted by molar-refractivity contribution is 5.95. The Labute approximate surface area is 216 Å². The Morgan fingerprint density at radius 2 is 1.95 bits per heavy atom. The van der Waals surface area contributed by atoms with E-state index in [0.29, 0.717) is 35.5 Å². The van der Waals surface area contributed by atoms with Crippen molar-refractivity contribution in [1.82, 2.24) is 25.0 Å². The second kappa shape index (κ2) is 10.7. The van der Waals surface area contributed by atoms with Crippen LogP contribution in [0.1, 0.15) is 35.2 Å². The summed E-state index contributed by atoms with van der Waals surface area (Å²) in [6.07, 6.45) is 2.33. The van der Waals surface area contributed by atoms with Gasteiger partial charge in [-0.3, -0.25) is 9.69 Å². The van der Waals surface area contributed by atoms with E-state index in [0.717, 1.165) is 12.8 Å². The molecule has 3 heterocycles. The molecule has 5 rings (SSSR count). The van der Waals surface area contributed by atoms with Crippen molar-refractivity contribution in [3.8, 4) is 16.8 Å². The lowest BCUT2D eigenvalue weighted by Gasteiger charge is -2.35. The van der Waals surface area contributed by atoms with E-state index in [-0.39, 0.29) is 23.7 Å². The van der Waals surface area contributed by atoms with E-state index in [4.69, 9.17) is 0 Å². The van der Waals surface area contributed by atoms with Gasteiger partial charge < -0.3 is 10.6 Å². The Morgan fingerprint density at radius 1 is 1.16 bits per heavy atom. The predicted octanol–water partition coefficient (Wildman–Crippen LogP) is 4.50. The van der Waals surface area contributed by atoms with Gasteiger partial charge in [-0.15, -0.1) is 0 Å². The quantitative estimate of drug-likeness (QED) is 0.329. The first-order valence-corrected chi connectivity index (χ1v) is 12.4. The third-order valence-corrected chi connectivity index (χ3v) is 6.80. The highest BCUT2D eigenvalue weighted by Crippen LogP contribution is 2.28. The summed E-state index contributed by atoms with van der Waals surface area (Å²) in [5.74, 6) is -1.91. The molecule has 2 unspecified atom stereocenters. The highest BCUT2D eigenvalue weighted by atomic mass is 19.3. The summed E-state index contributed by atoms with van der Waals surface area (Å²) in [4.78, 5) is 17.6. The molecule has 0 bridgehead atoms. The van der Waals surface area contributed by atoms with Crippen molar-refractivity contribution in [2.45, 2.75) is 50.9 Å². The zero-order chi connectivity index (χ0) is 27.0. The highest BCUT2D eigenvalue weighted by Gasteiger charge is 2.30. The number of nitrogens with one attached hydrogen (secondary N) is 2. The Bertz CT molecular complexity index is 1330. The van der Waals surface area contributed by atoms with E-state index < -0.39 is 42.9 Å². The summed E-state index contributed by atoms with van der Waals surface area (Å²) in [6.45, 7) is 1.40. The Morgan fingerprint density at radius 3 is 2.66 bits per heavy atom. The van der Waals surface area contributed by atoms with Gasteiger partial charge in [-0.25, -0.2) is 27.2 Å². The SMILES string of the molecule is Cc1cc(F)c(C(=O)NC2CC2)cc1-n1cc(-c2cc(NC3CCN(CC(F)F)CC3F)cnc2F)cn1. The number of rotatable bonds is 8. The number of pyridine rings is 1. The first-order chi connectivity index (χ1) is 18.2. The lowest BCUT2D eigenvalue weighted by molar-refractivity contribution is 0.0522. The lowest BCUT2D eigenvalue weighted by atomic mass is 10.0. The molecule has 0 radical (unpaired) electrons. The molecule has 2 aliphatic rings. The van der Waals surface area contributed by atoms with Crippen LogP contribution in [0.3, 0.4) is 0 Å². The number of aryl methyl sites for hydroxylation is 1. The molecule has 2 atom stereocenters. The average Bonchev–Trinajstić information content (AvgIpc) is 3.54. The van der Waals surface area contributed by atoms with Crippen LogP contribution in [-0.4, -0.2) is 69.9 Å². The zero-order valence-corrected chi connectivity index (χ0v) is 20.6. The summed E-state index contributed by atoms with van der Waals surface area (Å²) in [5.41, 5.74) is 1.74. The monoisotopic (exact) mass is 534 g/mol. The molecule has 2 N–H and O–H groups in total. The number of hydrogen-bond acceptors (Lipinski definition) is 5. The molecule has 1 amide bonds. The average molecular weight is 535 g/mol. The van der Waals surface area contributed by atoms with Crippen molar-refractivity contribution in [2.75, 3.05) is 25.0 Å². The molecule has 1 aliphatic heterocycles. The molecule has 2 fully saturated rings. The Kier molecular flexibility index (Phi) is 7.33. The number of carbonyl (C=O) groups excluding carboxylic acids is 1. The van der Waals surface area contributed by atoms with E-state index in [1.165, 1.54) is 46.4 Å². The fourth-order valence-electron chi connectivity index (χ4n) is 4.60. The first-order valence-electron chi connectivity index (χ1n) is 12.4. The zero-order valence-electron chi connectivity index (χ0n) is 20.6. The molecule has 1 aliphatic carbocycles. The molecule has 1 saturated heterocycles. The maximum Gasteiger partial charge on any atom is 0.254 e. The molecule has 12 heteroatoms. The van der Waals surface area contributed by atoms with Crippen LogP contribution in [0.5, 0.6) is 0 Å². The smallest absolute Gasteiger partial charge is 0.254 e. The number of amides is 1. The van der Waals surface area contributed by atoms with Gasteiger partial charge in [0.05, 0.1) is 41.9 Å². The van der Waals surface area contributed by atoms with Crippen LogP contribution in [0.2, 0.25) is 0 Å². The molecular weight excluding hydrogens is 507 g/mol. The van der Waals surface area contributed by atoms with Gasteiger partial charge in [0.2, 0.25) is 5.95 Å². The summed E-state index contributed by atoms with van der Waals surface area (Å²) in [7, 11) is 0. The van der Waals surface area contributed by atoms with Crippen molar-refractivity contribution in [3.05, 3.63) is 59.7 Å². The van der Waals surface area contributed by atoms with Gasteiger partial charge in [-0.05, 0) is 49.9 Å². The van der Waals surface area contributed by atoms with Gasteiger partial charge in [0.1, 0.15) is 12.0 Å². The maximum absolute atomic E-state index is 14.7. The number of likely N-dealkylation sites (tertiary alicyclic amines) is 1. The molecule has 1 aromatic carbocycles. The largest absolute Gasteiger partial charge is 0.378 e. The van der Waals surface area contributed by atoms with Gasteiger partial charge in [0.15, 0.2) is 0 Å². The minimum atomic E-state index is -2.53. The van der Waals surface area contributed by atoms with E-state index in [2.05, 4.69) is 20.7 Å². The molecule has 38 heavy (non-hydrogen) atoms. The molecule has 0 spiro atoms. The van der Waals surface area contributed by atoms with Crippen LogP contribution < -0.4 is 10.6 Å². The van der Waals surface area contributed by atoms with Crippen molar-refractivity contribution in [2.24, 2.45) is 0 Å². The standard InChI is InChI=1S/C26H27F5N6O/c1-14-6-20(27)19(26(38)35-16-2-3-16)8-23(14)37-11-15(9-33-37)18-7-17(10-32-25(18)31)34-22-4-5-36(12-21(22)28)13-24(29)30/h6-11,16,21-22,24,34H,2-5,12-13H2,1H3,(H,35,38). The lowest BCUT2D eigenvalue weighted by Crippen LogP contribution is -2.49. The van der Waals surface area contributed by atoms with Crippen LogP contribution in [0.4, 0.5) is 27.6 Å². The summed E-state index contributed by atoms with van der Waals surface area (Å²) in [5, 5.41) is 10.0. The van der Waals surface area contributed by atoms with Crippen molar-refractivity contribution in [3.63, 3.8) is 0 Å². The maximum atomic E-state index is 14.7. The number of hydrogen-bond donors (Lipinski definition) is 2. The molecule has 2 aromatic heterocycles. The fraction of sp³-hybridized carbons (Fsp3) is 0.423. The van der Waals surface area contributed by atoms with Crippen LogP contribution in [0.25, 0.3) is 16.8 Å². The third kappa shape index (κ3) is 5.79. The van der Waals surface area contributed by atoms with Gasteiger partial charge in [-0.2, -0.15) is 9.49 Å². The Balaban J connectivity index is 1.34. The van der Waals surface area contributed by atoms with Gasteiger partial charge >= 0.3 is 0 Å². The normalized spacial score (nSPS) is 20.1. The van der Waals surface area contributed by atoms with Crippen molar-refractivity contribution < 1.29 is 26.7 Å². The molecule has 3 aromatic rings. The number of nitrogens with zero attached hydrogens (tertiary/aromatic N) is 4. The minimum Gasteiger partial charge on any atom is -0.378 e. The molecule has 1 saturated carbocycles. The topological polar surface area (TPSA) is 75.1 Å². The van der Waals surface area contributed by atoms with Gasteiger partial charge in [0, 0.05) is 36.5 Å². The molecular formula is C26H27F5N6O. The van der Waals surface area contributed by atoms with Gasteiger partial charge in [-0.1, -0.05) is 0 Å². The van der Waals surface area contributed by atoms with E-state index in [1.54, 1.807) is 6.92 Å². The number of aromatic nitrogens is 3. The van der Waals surface area contributed by atoms with Crippen LogP contribution in [-0.2, 0) is 0 Å². The predicted molar refractivity (Wildman–Crippen MR) is 131 cm³/mol. The molecule has 202 valence electrons. The van der Waals surface area contributed by atoms with Crippen LogP contribution >= 0.6 is 0 Å². The van der Waals surface area contributed by atoms with E-state index in [9.17, 15) is 26.7 Å². The van der Waals surface area contributed by atoms with Crippen LogP contribution in [0.15, 0.2) is 36.8 Å². The summed E-state index contributed by atoms with van der Waals surface area (Å²) in [6, 6.07) is 3.58.